The fourth-order valence-corrected chi connectivity index (χ4v) is 5.28. The van der Waals surface area contributed by atoms with Gasteiger partial charge in [0.2, 0.25) is 5.91 Å². The van der Waals surface area contributed by atoms with E-state index in [4.69, 9.17) is 11.6 Å². The fourth-order valence-electron chi connectivity index (χ4n) is 5.01. The molecule has 2 aromatic rings. The maximum atomic E-state index is 14.0. The number of hydrogen-bond donors (Lipinski definition) is 2. The number of aliphatic hydroxyl groups is 1. The Morgan fingerprint density at radius 2 is 1.82 bits per heavy atom. The number of fused-ring (bicyclic) bond motifs is 2. The van der Waals surface area contributed by atoms with Gasteiger partial charge in [-0.1, -0.05) is 73.3 Å². The Kier molecular flexibility index (Phi) is 5.46. The van der Waals surface area contributed by atoms with Crippen LogP contribution >= 0.6 is 11.6 Å². The van der Waals surface area contributed by atoms with Crippen LogP contribution in [0.5, 0.6) is 0 Å². The molecular formula is C23H27ClN2O2. The lowest BCUT2D eigenvalue weighted by Gasteiger charge is -2.36. The molecular weight excluding hydrogens is 372 g/mol. The van der Waals surface area contributed by atoms with Gasteiger partial charge in [0, 0.05) is 6.54 Å². The van der Waals surface area contributed by atoms with Gasteiger partial charge in [-0.2, -0.15) is 0 Å². The number of carbonyl (C=O) groups excluding carboxylic acids is 1. The van der Waals surface area contributed by atoms with Crippen LogP contribution in [0.25, 0.3) is 0 Å². The molecule has 1 aliphatic carbocycles. The van der Waals surface area contributed by atoms with E-state index < -0.39 is 17.6 Å². The van der Waals surface area contributed by atoms with Crippen LogP contribution in [0.3, 0.4) is 0 Å². The summed E-state index contributed by atoms with van der Waals surface area (Å²) in [5, 5.41) is 14.7. The summed E-state index contributed by atoms with van der Waals surface area (Å²) in [6.07, 6.45) is 4.19. The van der Waals surface area contributed by atoms with E-state index >= 15 is 0 Å². The Bertz CT molecular complexity index is 849. The van der Waals surface area contributed by atoms with Crippen LogP contribution in [0.1, 0.15) is 49.3 Å². The highest BCUT2D eigenvalue weighted by atomic mass is 35.5. The highest BCUT2D eigenvalue weighted by Gasteiger charge is 2.54. The number of hydrogen-bond acceptors (Lipinski definition) is 3. The Morgan fingerprint density at radius 1 is 1.11 bits per heavy atom. The number of aliphatic hydroxyl groups excluding tert-OH is 1. The van der Waals surface area contributed by atoms with Gasteiger partial charge in [0.25, 0.3) is 0 Å². The molecule has 1 saturated carbocycles. The molecule has 1 spiro atoms. The topological polar surface area (TPSA) is 52.6 Å². The minimum Gasteiger partial charge on any atom is -0.389 e. The molecule has 2 unspecified atom stereocenters. The van der Waals surface area contributed by atoms with Gasteiger partial charge >= 0.3 is 0 Å². The predicted octanol–water partition coefficient (Wildman–Crippen LogP) is 4.21. The molecule has 0 bridgehead atoms. The molecule has 148 valence electrons. The lowest BCUT2D eigenvalue weighted by atomic mass is 9.70. The molecule has 0 aromatic heterocycles. The largest absolute Gasteiger partial charge is 0.389 e. The molecule has 0 saturated heterocycles. The summed E-state index contributed by atoms with van der Waals surface area (Å²) in [7, 11) is 1.81. The molecule has 2 atom stereocenters. The summed E-state index contributed by atoms with van der Waals surface area (Å²) in [6.45, 7) is 0.385. The first-order chi connectivity index (χ1) is 13.6. The molecule has 1 amide bonds. The summed E-state index contributed by atoms with van der Waals surface area (Å²) >= 11 is 6.65. The third-order valence-electron chi connectivity index (χ3n) is 6.28. The first-order valence-electron chi connectivity index (χ1n) is 10.1. The van der Waals surface area contributed by atoms with Crippen molar-refractivity contribution in [1.29, 1.82) is 0 Å². The van der Waals surface area contributed by atoms with E-state index in [2.05, 4.69) is 11.4 Å². The monoisotopic (exact) mass is 398 g/mol. The average Bonchev–Trinajstić information content (AvgIpc) is 2.94. The number of benzene rings is 2. The maximum Gasteiger partial charge on any atom is 0.238 e. The molecule has 1 aliphatic heterocycles. The van der Waals surface area contributed by atoms with Crippen LogP contribution in [-0.2, 0) is 10.2 Å². The summed E-state index contributed by atoms with van der Waals surface area (Å²) in [6, 6.07) is 15.1. The Balaban J connectivity index is 1.88. The first kappa shape index (κ1) is 19.4. The van der Waals surface area contributed by atoms with Gasteiger partial charge in [-0.3, -0.25) is 9.69 Å². The molecule has 2 N–H and O–H groups in total. The summed E-state index contributed by atoms with van der Waals surface area (Å²) in [5.41, 5.74) is 2.21. The maximum absolute atomic E-state index is 14.0. The number of nitrogens with zero attached hydrogens (tertiary/aromatic N) is 1. The Morgan fingerprint density at radius 3 is 2.50 bits per heavy atom. The smallest absolute Gasteiger partial charge is 0.238 e. The van der Waals surface area contributed by atoms with Gasteiger partial charge < -0.3 is 10.4 Å². The minimum atomic E-state index is -0.751. The van der Waals surface area contributed by atoms with Gasteiger partial charge in [-0.15, -0.1) is 0 Å². The highest BCUT2D eigenvalue weighted by Crippen LogP contribution is 2.54. The second kappa shape index (κ2) is 7.86. The highest BCUT2D eigenvalue weighted by molar-refractivity contribution is 6.35. The number of para-hydroxylation sites is 1. The van der Waals surface area contributed by atoms with E-state index in [0.717, 1.165) is 48.9 Å². The molecule has 1 heterocycles. The number of rotatable bonds is 5. The van der Waals surface area contributed by atoms with Gasteiger partial charge in [0.1, 0.15) is 0 Å². The van der Waals surface area contributed by atoms with Gasteiger partial charge in [0.05, 0.1) is 28.3 Å². The number of amides is 1. The first-order valence-corrected chi connectivity index (χ1v) is 10.5. The summed E-state index contributed by atoms with van der Waals surface area (Å²) in [5.74, 6) is 0.0827. The zero-order chi connectivity index (χ0) is 19.7. The van der Waals surface area contributed by atoms with Crippen LogP contribution < -0.4 is 10.2 Å². The van der Waals surface area contributed by atoms with Crippen molar-refractivity contribution in [2.75, 3.05) is 18.5 Å². The SMILES string of the molecule is CNCC(O)C(c1ccccc1)N1C(=O)C2(CCCCC2)c2cccc(Cl)c21. The number of anilines is 1. The average molecular weight is 399 g/mol. The summed E-state index contributed by atoms with van der Waals surface area (Å²) < 4.78 is 0. The lowest BCUT2D eigenvalue weighted by Crippen LogP contribution is -2.47. The molecule has 0 radical (unpaired) electrons. The molecule has 28 heavy (non-hydrogen) atoms. The van der Waals surface area contributed by atoms with Crippen molar-refractivity contribution in [3.05, 3.63) is 64.7 Å². The van der Waals surface area contributed by atoms with E-state index in [0.29, 0.717) is 11.6 Å². The van der Waals surface area contributed by atoms with Crippen molar-refractivity contribution in [2.45, 2.75) is 49.7 Å². The van der Waals surface area contributed by atoms with E-state index in [1.54, 1.807) is 11.9 Å². The van der Waals surface area contributed by atoms with E-state index in [9.17, 15) is 9.90 Å². The lowest BCUT2D eigenvalue weighted by molar-refractivity contribution is -0.125. The molecule has 4 nitrogen and oxygen atoms in total. The molecule has 2 aliphatic rings. The minimum absolute atomic E-state index is 0.0827. The van der Waals surface area contributed by atoms with Crippen LogP contribution in [0, 0.1) is 0 Å². The number of nitrogens with one attached hydrogen (secondary N) is 1. The third kappa shape index (κ3) is 3.04. The molecule has 1 fully saturated rings. The third-order valence-corrected chi connectivity index (χ3v) is 6.58. The van der Waals surface area contributed by atoms with Crippen molar-refractivity contribution >= 4 is 23.2 Å². The van der Waals surface area contributed by atoms with E-state index in [-0.39, 0.29) is 5.91 Å². The van der Waals surface area contributed by atoms with Gasteiger partial charge in [-0.05, 0) is 37.1 Å². The quantitative estimate of drug-likeness (QED) is 0.793. The van der Waals surface area contributed by atoms with Crippen molar-refractivity contribution in [3.8, 4) is 0 Å². The number of halogens is 1. The van der Waals surface area contributed by atoms with E-state index in [1.807, 2.05) is 42.5 Å². The number of likely N-dealkylation sites (N-methyl/N-ethyl adjacent to an activating group) is 1. The van der Waals surface area contributed by atoms with Crippen molar-refractivity contribution < 1.29 is 9.90 Å². The van der Waals surface area contributed by atoms with Crippen molar-refractivity contribution in [1.82, 2.24) is 5.32 Å². The van der Waals surface area contributed by atoms with Gasteiger partial charge in [-0.25, -0.2) is 0 Å². The normalized spacial score (nSPS) is 20.2. The van der Waals surface area contributed by atoms with Crippen LogP contribution in [-0.4, -0.2) is 30.7 Å². The second-order valence-electron chi connectivity index (χ2n) is 7.93. The predicted molar refractivity (Wildman–Crippen MR) is 113 cm³/mol. The Hall–Kier alpha value is -1.88. The molecule has 4 rings (SSSR count). The van der Waals surface area contributed by atoms with Crippen LogP contribution in [0.2, 0.25) is 5.02 Å². The van der Waals surface area contributed by atoms with Crippen LogP contribution in [0.4, 0.5) is 5.69 Å². The van der Waals surface area contributed by atoms with Crippen molar-refractivity contribution in [3.63, 3.8) is 0 Å². The standard InChI is InChI=1S/C23H27ClN2O2/c1-25-15-19(27)20(16-9-4-2-5-10-16)26-21-17(11-8-12-18(21)24)23(22(26)28)13-6-3-7-14-23/h2,4-5,8-12,19-20,25,27H,3,6-7,13-15H2,1H3. The van der Waals surface area contributed by atoms with Crippen molar-refractivity contribution in [2.24, 2.45) is 0 Å². The molecule has 2 aromatic carbocycles. The molecule has 5 heteroatoms. The Labute approximate surface area is 171 Å². The number of carbonyl (C=O) groups is 1. The fraction of sp³-hybridized carbons (Fsp3) is 0.435. The van der Waals surface area contributed by atoms with Crippen LogP contribution in [0.15, 0.2) is 48.5 Å². The second-order valence-corrected chi connectivity index (χ2v) is 8.34. The zero-order valence-electron chi connectivity index (χ0n) is 16.2. The van der Waals surface area contributed by atoms with E-state index in [1.165, 1.54) is 0 Å². The van der Waals surface area contributed by atoms with Gasteiger partial charge in [0.15, 0.2) is 0 Å². The summed E-state index contributed by atoms with van der Waals surface area (Å²) in [4.78, 5) is 15.7. The zero-order valence-corrected chi connectivity index (χ0v) is 17.0.